The first-order valence-electron chi connectivity index (χ1n) is 17.1. The lowest BCUT2D eigenvalue weighted by Gasteiger charge is -2.21. The summed E-state index contributed by atoms with van der Waals surface area (Å²) in [6.45, 7) is 4.67. The van der Waals surface area contributed by atoms with E-state index in [9.17, 15) is 0 Å². The highest BCUT2D eigenvalue weighted by atomic mass is 15.1. The Bertz CT molecular complexity index is 3030. The van der Waals surface area contributed by atoms with Crippen LogP contribution in [0.1, 0.15) is 25.0 Å². The van der Waals surface area contributed by atoms with E-state index in [1.54, 1.807) is 0 Å². The van der Waals surface area contributed by atoms with Crippen LogP contribution in [0.4, 0.5) is 0 Å². The predicted octanol–water partition coefficient (Wildman–Crippen LogP) is 11.9. The topological polar surface area (TPSA) is 22.2 Å². The second-order valence-electron chi connectivity index (χ2n) is 14.0. The summed E-state index contributed by atoms with van der Waals surface area (Å²) < 4.78 is 4.80. The van der Waals surface area contributed by atoms with Crippen LogP contribution >= 0.6 is 0 Å². The maximum absolute atomic E-state index is 5.02. The molecule has 3 heteroatoms. The fourth-order valence-electron chi connectivity index (χ4n) is 8.83. The summed E-state index contributed by atoms with van der Waals surface area (Å²) in [5.74, 6) is 0.917. The lowest BCUT2D eigenvalue weighted by molar-refractivity contribution is 0.660. The van der Waals surface area contributed by atoms with Crippen LogP contribution in [-0.2, 0) is 5.41 Å². The van der Waals surface area contributed by atoms with Crippen molar-refractivity contribution in [3.63, 3.8) is 0 Å². The van der Waals surface area contributed by atoms with E-state index in [2.05, 4.69) is 168 Å². The molecule has 6 aromatic carbocycles. The van der Waals surface area contributed by atoms with Crippen LogP contribution in [0.2, 0.25) is 0 Å². The molecule has 0 radical (unpaired) electrons. The molecule has 0 atom stereocenters. The Morgan fingerprint density at radius 1 is 0.449 bits per heavy atom. The first-order valence-corrected chi connectivity index (χ1v) is 17.1. The standard InChI is InChI=1S/C46H31N3/c1-46(2)38-16-8-5-12-32(38)36-23-28(19-20-39(36)46)29-21-22-47-45(26-29)49-41-18-10-7-15-35(41)37-24-30-25-43-34-14-4-3-11-31(34)33-13-6-9-17-40(33)48(43)42(30)27-44(37)49/h3-27H,1-2H3. The van der Waals surface area contributed by atoms with E-state index in [4.69, 9.17) is 4.98 Å². The Balaban J connectivity index is 1.17. The average molecular weight is 626 g/mol. The lowest BCUT2D eigenvalue weighted by atomic mass is 9.82. The fourth-order valence-corrected chi connectivity index (χ4v) is 8.83. The molecule has 49 heavy (non-hydrogen) atoms. The van der Waals surface area contributed by atoms with Crippen molar-refractivity contribution in [2.24, 2.45) is 0 Å². The molecule has 1 aliphatic carbocycles. The maximum atomic E-state index is 5.02. The SMILES string of the molecule is CC1(C)c2ccccc2-c2cc(-c3ccnc(-n4c5ccccc5c5cc6cc7c8ccccc8c8ccccc8n7c6cc54)c3)ccc21. The van der Waals surface area contributed by atoms with Crippen molar-refractivity contribution in [3.05, 3.63) is 163 Å². The van der Waals surface area contributed by atoms with Crippen molar-refractivity contribution in [2.45, 2.75) is 19.3 Å². The molecule has 1 aliphatic rings. The van der Waals surface area contributed by atoms with E-state index in [0.29, 0.717) is 0 Å². The third kappa shape index (κ3) is 3.54. The lowest BCUT2D eigenvalue weighted by Crippen LogP contribution is -2.14. The molecule has 0 saturated heterocycles. The summed E-state index contributed by atoms with van der Waals surface area (Å²) in [6.07, 6.45) is 1.96. The van der Waals surface area contributed by atoms with Gasteiger partial charge in [-0.2, -0.15) is 0 Å². The highest BCUT2D eigenvalue weighted by molar-refractivity contribution is 6.18. The molecule has 230 valence electrons. The number of aromatic nitrogens is 3. The van der Waals surface area contributed by atoms with Gasteiger partial charge in [-0.3, -0.25) is 4.57 Å². The molecular weight excluding hydrogens is 595 g/mol. The zero-order chi connectivity index (χ0) is 32.4. The van der Waals surface area contributed by atoms with Crippen LogP contribution in [0, 0.1) is 0 Å². The first kappa shape index (κ1) is 26.8. The molecule has 0 amide bonds. The highest BCUT2D eigenvalue weighted by Crippen LogP contribution is 2.49. The summed E-state index contributed by atoms with van der Waals surface area (Å²) in [6, 6.07) is 53.6. The van der Waals surface area contributed by atoms with Gasteiger partial charge in [0.1, 0.15) is 5.82 Å². The van der Waals surface area contributed by atoms with Crippen molar-refractivity contribution in [3.8, 4) is 28.1 Å². The Morgan fingerprint density at radius 3 is 1.94 bits per heavy atom. The summed E-state index contributed by atoms with van der Waals surface area (Å²) >= 11 is 0. The number of para-hydroxylation sites is 2. The second-order valence-corrected chi connectivity index (χ2v) is 14.0. The minimum Gasteiger partial charge on any atom is -0.309 e. The Hall–Kier alpha value is -6.19. The third-order valence-electron chi connectivity index (χ3n) is 11.1. The molecule has 4 aromatic heterocycles. The molecule has 0 bridgehead atoms. The van der Waals surface area contributed by atoms with Gasteiger partial charge < -0.3 is 4.40 Å². The van der Waals surface area contributed by atoms with Crippen molar-refractivity contribution in [1.29, 1.82) is 0 Å². The molecule has 10 aromatic rings. The third-order valence-corrected chi connectivity index (χ3v) is 11.1. The largest absolute Gasteiger partial charge is 0.309 e. The smallest absolute Gasteiger partial charge is 0.138 e. The molecule has 0 unspecified atom stereocenters. The Kier molecular flexibility index (Phi) is 5.18. The van der Waals surface area contributed by atoms with Gasteiger partial charge in [-0.05, 0) is 87.3 Å². The number of benzene rings is 6. The normalized spacial score (nSPS) is 13.7. The fraction of sp³-hybridized carbons (Fsp3) is 0.0652. The van der Waals surface area contributed by atoms with Gasteiger partial charge >= 0.3 is 0 Å². The Morgan fingerprint density at radius 2 is 1.10 bits per heavy atom. The molecule has 0 aliphatic heterocycles. The predicted molar refractivity (Wildman–Crippen MR) is 205 cm³/mol. The van der Waals surface area contributed by atoms with Gasteiger partial charge in [0.25, 0.3) is 0 Å². The summed E-state index contributed by atoms with van der Waals surface area (Å²) in [4.78, 5) is 5.02. The summed E-state index contributed by atoms with van der Waals surface area (Å²) in [5, 5.41) is 7.51. The van der Waals surface area contributed by atoms with Gasteiger partial charge in [0.05, 0.1) is 27.6 Å². The van der Waals surface area contributed by atoms with Crippen LogP contribution in [0.3, 0.4) is 0 Å². The van der Waals surface area contributed by atoms with Crippen LogP contribution in [0.25, 0.3) is 88.0 Å². The number of nitrogens with zero attached hydrogens (tertiary/aromatic N) is 3. The van der Waals surface area contributed by atoms with Gasteiger partial charge in [-0.1, -0.05) is 111 Å². The van der Waals surface area contributed by atoms with E-state index < -0.39 is 0 Å². The number of hydrogen-bond donors (Lipinski definition) is 0. The van der Waals surface area contributed by atoms with Crippen LogP contribution in [0.15, 0.2) is 152 Å². The Labute approximate surface area is 283 Å². The summed E-state index contributed by atoms with van der Waals surface area (Å²) in [5.41, 5.74) is 13.8. The molecule has 0 fully saturated rings. The summed E-state index contributed by atoms with van der Waals surface area (Å²) in [7, 11) is 0. The first-order chi connectivity index (χ1) is 24.1. The van der Waals surface area contributed by atoms with Gasteiger partial charge in [-0.25, -0.2) is 4.98 Å². The molecule has 0 spiro atoms. The van der Waals surface area contributed by atoms with Crippen LogP contribution < -0.4 is 0 Å². The molecule has 0 saturated carbocycles. The zero-order valence-electron chi connectivity index (χ0n) is 27.3. The second kappa shape index (κ2) is 9.46. The number of rotatable bonds is 2. The quantitative estimate of drug-likeness (QED) is 0.175. The van der Waals surface area contributed by atoms with E-state index in [0.717, 1.165) is 22.4 Å². The van der Waals surface area contributed by atoms with E-state index in [1.165, 1.54) is 76.7 Å². The van der Waals surface area contributed by atoms with Gasteiger partial charge in [-0.15, -0.1) is 0 Å². The molecule has 3 nitrogen and oxygen atoms in total. The van der Waals surface area contributed by atoms with Gasteiger partial charge in [0, 0.05) is 38.5 Å². The molecular formula is C46H31N3. The van der Waals surface area contributed by atoms with Gasteiger partial charge in [0.2, 0.25) is 0 Å². The number of pyridine rings is 2. The maximum Gasteiger partial charge on any atom is 0.138 e. The van der Waals surface area contributed by atoms with Crippen LogP contribution in [-0.4, -0.2) is 14.0 Å². The minimum absolute atomic E-state index is 0.0111. The molecule has 4 heterocycles. The molecule has 0 N–H and O–H groups in total. The number of fused-ring (bicyclic) bond motifs is 14. The van der Waals surface area contributed by atoms with Crippen molar-refractivity contribution in [1.82, 2.24) is 14.0 Å². The van der Waals surface area contributed by atoms with E-state index >= 15 is 0 Å². The van der Waals surface area contributed by atoms with Crippen molar-refractivity contribution in [2.75, 3.05) is 0 Å². The van der Waals surface area contributed by atoms with Gasteiger partial charge in [0.15, 0.2) is 0 Å². The number of hydrogen-bond acceptors (Lipinski definition) is 1. The van der Waals surface area contributed by atoms with Crippen molar-refractivity contribution >= 4 is 59.9 Å². The highest BCUT2D eigenvalue weighted by Gasteiger charge is 2.35. The van der Waals surface area contributed by atoms with E-state index in [-0.39, 0.29) is 5.41 Å². The zero-order valence-corrected chi connectivity index (χ0v) is 27.3. The van der Waals surface area contributed by atoms with Crippen molar-refractivity contribution < 1.29 is 0 Å². The van der Waals surface area contributed by atoms with Crippen LogP contribution in [0.5, 0.6) is 0 Å². The van der Waals surface area contributed by atoms with E-state index in [1.807, 2.05) is 6.20 Å². The average Bonchev–Trinajstić information content (AvgIpc) is 3.76. The monoisotopic (exact) mass is 625 g/mol. The minimum atomic E-state index is -0.0111. The molecule has 11 rings (SSSR count).